The largest absolute Gasteiger partial charge is 0.512 e. The molecule has 0 aromatic rings. The van der Waals surface area contributed by atoms with Crippen LogP contribution in [0.3, 0.4) is 0 Å². The molecule has 0 bridgehead atoms. The van der Waals surface area contributed by atoms with E-state index < -0.39 is 0 Å². The maximum absolute atomic E-state index is 10.9. The summed E-state index contributed by atoms with van der Waals surface area (Å²) in [5.41, 5.74) is 1.38. The lowest BCUT2D eigenvalue weighted by molar-refractivity contribution is 0.0352. The van der Waals surface area contributed by atoms with Crippen molar-refractivity contribution in [2.24, 2.45) is 23.2 Å². The summed E-state index contributed by atoms with van der Waals surface area (Å²) in [7, 11) is 0. The first-order chi connectivity index (χ1) is 12.9. The lowest BCUT2D eigenvalue weighted by Crippen LogP contribution is -2.35. The zero-order valence-corrected chi connectivity index (χ0v) is 17.8. The third kappa shape index (κ3) is 6.35. The minimum absolute atomic E-state index is 0.106. The first-order valence-corrected chi connectivity index (χ1v) is 11.3. The number of aliphatic hydroxyl groups is 3. The van der Waals surface area contributed by atoms with Gasteiger partial charge in [-0.1, -0.05) is 52.5 Å². The molecule has 0 aromatic carbocycles. The first kappa shape index (κ1) is 22.5. The summed E-state index contributed by atoms with van der Waals surface area (Å²) in [5.74, 6) is 1.46. The zero-order valence-electron chi connectivity index (χ0n) is 17.8. The topological polar surface area (TPSA) is 60.7 Å². The van der Waals surface area contributed by atoms with Crippen molar-refractivity contribution >= 4 is 0 Å². The summed E-state index contributed by atoms with van der Waals surface area (Å²) >= 11 is 0. The molecule has 4 atom stereocenters. The quantitative estimate of drug-likeness (QED) is 0.413. The fourth-order valence-electron chi connectivity index (χ4n) is 5.15. The van der Waals surface area contributed by atoms with Gasteiger partial charge in [-0.15, -0.1) is 0 Å². The molecular formula is C24H42O3. The molecular weight excluding hydrogens is 336 g/mol. The Morgan fingerprint density at radius 3 is 2.56 bits per heavy atom. The predicted molar refractivity (Wildman–Crippen MR) is 113 cm³/mol. The molecule has 156 valence electrons. The average Bonchev–Trinajstić information content (AvgIpc) is 2.64. The van der Waals surface area contributed by atoms with Gasteiger partial charge < -0.3 is 15.3 Å². The SMILES string of the molecule is CCCCCCC(C)(C)C1=CCC([C@H]2C[C@H](O)CC[C@H]2CCCO)C(O)=C1. The van der Waals surface area contributed by atoms with E-state index in [4.69, 9.17) is 0 Å². The monoisotopic (exact) mass is 378 g/mol. The Bertz CT molecular complexity index is 504. The minimum Gasteiger partial charge on any atom is -0.512 e. The first-order valence-electron chi connectivity index (χ1n) is 11.3. The van der Waals surface area contributed by atoms with Gasteiger partial charge in [0.1, 0.15) is 0 Å². The van der Waals surface area contributed by atoms with Gasteiger partial charge in [-0.3, -0.25) is 0 Å². The van der Waals surface area contributed by atoms with Crippen LogP contribution in [0.15, 0.2) is 23.5 Å². The normalized spacial score (nSPS) is 29.4. The molecule has 27 heavy (non-hydrogen) atoms. The summed E-state index contributed by atoms with van der Waals surface area (Å²) in [6.45, 7) is 7.06. The van der Waals surface area contributed by atoms with Gasteiger partial charge in [-0.25, -0.2) is 0 Å². The molecule has 3 heteroatoms. The van der Waals surface area contributed by atoms with Gasteiger partial charge >= 0.3 is 0 Å². The molecule has 0 heterocycles. The van der Waals surface area contributed by atoms with Crippen molar-refractivity contribution in [2.45, 2.75) is 97.5 Å². The van der Waals surface area contributed by atoms with E-state index in [0.717, 1.165) is 44.9 Å². The van der Waals surface area contributed by atoms with Crippen LogP contribution in [0, 0.1) is 23.2 Å². The molecule has 3 N–H and O–H groups in total. The van der Waals surface area contributed by atoms with Crippen LogP contribution >= 0.6 is 0 Å². The van der Waals surface area contributed by atoms with Gasteiger partial charge in [0.25, 0.3) is 0 Å². The Morgan fingerprint density at radius 1 is 1.11 bits per heavy atom. The van der Waals surface area contributed by atoms with Crippen molar-refractivity contribution < 1.29 is 15.3 Å². The second-order valence-electron chi connectivity index (χ2n) is 9.52. The summed E-state index contributed by atoms with van der Waals surface area (Å²) < 4.78 is 0. The fourth-order valence-corrected chi connectivity index (χ4v) is 5.15. The van der Waals surface area contributed by atoms with Crippen LogP contribution in [0.5, 0.6) is 0 Å². The molecule has 0 saturated heterocycles. The van der Waals surface area contributed by atoms with Crippen molar-refractivity contribution in [1.29, 1.82) is 0 Å². The lowest BCUT2D eigenvalue weighted by Gasteiger charge is -2.40. The molecule has 0 aromatic heterocycles. The van der Waals surface area contributed by atoms with E-state index in [1.165, 1.54) is 31.3 Å². The van der Waals surface area contributed by atoms with E-state index in [2.05, 4.69) is 26.8 Å². The van der Waals surface area contributed by atoms with Crippen LogP contribution in [0.2, 0.25) is 0 Å². The number of aliphatic hydroxyl groups excluding tert-OH is 3. The third-order valence-corrected chi connectivity index (χ3v) is 6.98. The summed E-state index contributed by atoms with van der Waals surface area (Å²) in [6.07, 6.45) is 15.7. The number of rotatable bonds is 10. The number of allylic oxidation sites excluding steroid dienone is 4. The van der Waals surface area contributed by atoms with E-state index in [-0.39, 0.29) is 24.0 Å². The Labute approximate surface area is 166 Å². The van der Waals surface area contributed by atoms with Crippen LogP contribution in [0.1, 0.15) is 91.4 Å². The Hall–Kier alpha value is -0.800. The molecule has 0 aliphatic heterocycles. The lowest BCUT2D eigenvalue weighted by atomic mass is 9.66. The number of hydrogen-bond donors (Lipinski definition) is 3. The molecule has 1 unspecified atom stereocenters. The van der Waals surface area contributed by atoms with Crippen molar-refractivity contribution in [3.63, 3.8) is 0 Å². The van der Waals surface area contributed by atoms with Crippen LogP contribution in [0.4, 0.5) is 0 Å². The van der Waals surface area contributed by atoms with Gasteiger partial charge in [0.2, 0.25) is 0 Å². The van der Waals surface area contributed by atoms with Crippen LogP contribution in [-0.2, 0) is 0 Å². The molecule has 0 amide bonds. The van der Waals surface area contributed by atoms with Crippen molar-refractivity contribution in [3.05, 3.63) is 23.5 Å². The Morgan fingerprint density at radius 2 is 1.89 bits per heavy atom. The second kappa shape index (κ2) is 10.7. The minimum atomic E-state index is -0.242. The highest BCUT2D eigenvalue weighted by atomic mass is 16.3. The highest BCUT2D eigenvalue weighted by Crippen LogP contribution is 2.45. The standard InChI is InChI=1S/C24H42O3/c1-4-5-6-7-14-24(2,3)19-11-13-21(23(27)16-19)22-17-20(26)12-10-18(22)9-8-15-25/h11,16,18,20-22,25-27H,4-10,12-15,17H2,1-3H3/t18-,20-,21?,22+/m1/s1. The highest BCUT2D eigenvalue weighted by molar-refractivity contribution is 5.32. The Balaban J connectivity index is 2.02. The zero-order chi connectivity index (χ0) is 19.9. The molecule has 2 aliphatic carbocycles. The fraction of sp³-hybridized carbons (Fsp3) is 0.833. The van der Waals surface area contributed by atoms with E-state index in [1.54, 1.807) is 0 Å². The van der Waals surface area contributed by atoms with Crippen molar-refractivity contribution in [1.82, 2.24) is 0 Å². The smallest absolute Gasteiger partial charge is 0.0962 e. The molecule has 1 saturated carbocycles. The van der Waals surface area contributed by atoms with Crippen LogP contribution in [-0.4, -0.2) is 28.0 Å². The molecule has 0 spiro atoms. The predicted octanol–water partition coefficient (Wildman–Crippen LogP) is 5.92. The van der Waals surface area contributed by atoms with Crippen molar-refractivity contribution in [2.75, 3.05) is 6.61 Å². The van der Waals surface area contributed by atoms with Gasteiger partial charge in [0.05, 0.1) is 11.9 Å². The number of hydrogen-bond acceptors (Lipinski definition) is 3. The van der Waals surface area contributed by atoms with Crippen molar-refractivity contribution in [3.8, 4) is 0 Å². The maximum atomic E-state index is 10.9. The van der Waals surface area contributed by atoms with Gasteiger partial charge in [-0.05, 0) is 73.8 Å². The van der Waals surface area contributed by atoms with Gasteiger partial charge in [-0.2, -0.15) is 0 Å². The molecule has 1 fully saturated rings. The van der Waals surface area contributed by atoms with Crippen LogP contribution < -0.4 is 0 Å². The summed E-state index contributed by atoms with van der Waals surface area (Å²) in [4.78, 5) is 0. The third-order valence-electron chi connectivity index (χ3n) is 6.98. The van der Waals surface area contributed by atoms with E-state index in [0.29, 0.717) is 17.6 Å². The van der Waals surface area contributed by atoms with E-state index in [1.807, 2.05) is 6.08 Å². The molecule has 2 rings (SSSR count). The van der Waals surface area contributed by atoms with Gasteiger partial charge in [0.15, 0.2) is 0 Å². The Kier molecular flexibility index (Phi) is 8.88. The average molecular weight is 379 g/mol. The van der Waals surface area contributed by atoms with E-state index in [9.17, 15) is 15.3 Å². The van der Waals surface area contributed by atoms with Gasteiger partial charge in [0, 0.05) is 12.5 Å². The molecule has 0 radical (unpaired) electrons. The van der Waals surface area contributed by atoms with E-state index >= 15 is 0 Å². The summed E-state index contributed by atoms with van der Waals surface area (Å²) in [5, 5.41) is 30.3. The second-order valence-corrected chi connectivity index (χ2v) is 9.52. The highest BCUT2D eigenvalue weighted by Gasteiger charge is 2.38. The molecule has 3 nitrogen and oxygen atoms in total. The summed E-state index contributed by atoms with van der Waals surface area (Å²) in [6, 6.07) is 0. The maximum Gasteiger partial charge on any atom is 0.0962 e. The van der Waals surface area contributed by atoms with Crippen LogP contribution in [0.25, 0.3) is 0 Å². The molecule has 2 aliphatic rings. The number of unbranched alkanes of at least 4 members (excludes halogenated alkanes) is 3.